The van der Waals surface area contributed by atoms with Gasteiger partial charge in [0.1, 0.15) is 5.75 Å². The number of hydrogen-bond donors (Lipinski definition) is 1. The third-order valence-corrected chi connectivity index (χ3v) is 3.39. The lowest BCUT2D eigenvalue weighted by molar-refractivity contribution is 0.0906. The number of hydrogen-bond acceptors (Lipinski definition) is 3. The topological polar surface area (TPSA) is 44.5 Å². The van der Waals surface area contributed by atoms with Crippen LogP contribution in [0.25, 0.3) is 0 Å². The number of ether oxygens (including phenoxy) is 2. The lowest BCUT2D eigenvalue weighted by atomic mass is 10.1. The van der Waals surface area contributed by atoms with E-state index in [9.17, 15) is 0 Å². The summed E-state index contributed by atoms with van der Waals surface area (Å²) in [7, 11) is 0. The fourth-order valence-electron chi connectivity index (χ4n) is 2.38. The largest absolute Gasteiger partial charge is 0.493 e. The van der Waals surface area contributed by atoms with Crippen LogP contribution in [0.1, 0.15) is 32.1 Å². The molecule has 0 aromatic heterocycles. The monoisotopic (exact) mass is 249 g/mol. The summed E-state index contributed by atoms with van der Waals surface area (Å²) < 4.78 is 11.3. The van der Waals surface area contributed by atoms with E-state index in [-0.39, 0.29) is 0 Å². The molecule has 1 aliphatic carbocycles. The van der Waals surface area contributed by atoms with Crippen LogP contribution in [0.4, 0.5) is 5.69 Å². The smallest absolute Gasteiger partial charge is 0.121 e. The quantitative estimate of drug-likeness (QED) is 0.596. The van der Waals surface area contributed by atoms with Crippen molar-refractivity contribution in [2.45, 2.75) is 32.1 Å². The van der Waals surface area contributed by atoms with Crippen LogP contribution in [-0.4, -0.2) is 19.8 Å². The molecule has 3 nitrogen and oxygen atoms in total. The van der Waals surface area contributed by atoms with Gasteiger partial charge in [0, 0.05) is 31.4 Å². The van der Waals surface area contributed by atoms with E-state index in [0.29, 0.717) is 6.61 Å². The van der Waals surface area contributed by atoms with E-state index in [1.807, 2.05) is 24.3 Å². The van der Waals surface area contributed by atoms with E-state index in [4.69, 9.17) is 15.2 Å². The van der Waals surface area contributed by atoms with Gasteiger partial charge in [-0.3, -0.25) is 0 Å². The molecule has 0 spiro atoms. The summed E-state index contributed by atoms with van der Waals surface area (Å²) in [6.07, 6.45) is 6.39. The Labute approximate surface area is 109 Å². The van der Waals surface area contributed by atoms with Crippen LogP contribution in [0, 0.1) is 5.92 Å². The van der Waals surface area contributed by atoms with Gasteiger partial charge in [-0.15, -0.1) is 0 Å². The van der Waals surface area contributed by atoms with Crippen LogP contribution < -0.4 is 10.5 Å². The van der Waals surface area contributed by atoms with Gasteiger partial charge in [0.25, 0.3) is 0 Å². The second-order valence-electron chi connectivity index (χ2n) is 5.00. The van der Waals surface area contributed by atoms with Crippen molar-refractivity contribution in [2.75, 3.05) is 25.6 Å². The van der Waals surface area contributed by atoms with Crippen molar-refractivity contribution in [3.05, 3.63) is 24.3 Å². The maximum absolute atomic E-state index is 5.68. The number of nitrogens with two attached hydrogens (primary N) is 1. The Kier molecular flexibility index (Phi) is 5.34. The number of anilines is 1. The van der Waals surface area contributed by atoms with Crippen molar-refractivity contribution in [2.24, 2.45) is 5.92 Å². The van der Waals surface area contributed by atoms with Crippen molar-refractivity contribution < 1.29 is 9.47 Å². The Balaban J connectivity index is 1.50. The summed E-state index contributed by atoms with van der Waals surface area (Å²) >= 11 is 0. The molecule has 0 heterocycles. The fourth-order valence-corrected chi connectivity index (χ4v) is 2.38. The van der Waals surface area contributed by atoms with Gasteiger partial charge in [-0.05, 0) is 30.9 Å². The Morgan fingerprint density at radius 1 is 1.17 bits per heavy atom. The van der Waals surface area contributed by atoms with Crippen molar-refractivity contribution in [3.8, 4) is 5.75 Å². The van der Waals surface area contributed by atoms with Crippen molar-refractivity contribution in [1.82, 2.24) is 0 Å². The first-order valence-electron chi connectivity index (χ1n) is 6.90. The van der Waals surface area contributed by atoms with Gasteiger partial charge in [-0.2, -0.15) is 0 Å². The Morgan fingerprint density at radius 2 is 2.00 bits per heavy atom. The highest BCUT2D eigenvalue weighted by atomic mass is 16.5. The number of nitrogen functional groups attached to an aromatic ring is 1. The second-order valence-corrected chi connectivity index (χ2v) is 5.00. The molecule has 100 valence electrons. The maximum Gasteiger partial charge on any atom is 0.121 e. The van der Waals surface area contributed by atoms with Crippen molar-refractivity contribution >= 4 is 5.69 Å². The first-order valence-corrected chi connectivity index (χ1v) is 6.90. The van der Waals surface area contributed by atoms with Crippen molar-refractivity contribution in [3.63, 3.8) is 0 Å². The molecular weight excluding hydrogens is 226 g/mol. The van der Waals surface area contributed by atoms with E-state index in [0.717, 1.165) is 37.0 Å². The first-order chi connectivity index (χ1) is 8.84. The average molecular weight is 249 g/mol. The zero-order valence-corrected chi connectivity index (χ0v) is 10.9. The van der Waals surface area contributed by atoms with Gasteiger partial charge in [-0.25, -0.2) is 0 Å². The molecule has 18 heavy (non-hydrogen) atoms. The molecule has 2 N–H and O–H groups in total. The Hall–Kier alpha value is -1.22. The standard InChI is InChI=1S/C15H23NO2/c16-14-7-3-8-15(11-14)18-10-4-9-17-12-13-5-1-2-6-13/h3,7-8,11,13H,1-2,4-6,9-10,12,16H2. The molecule has 3 heteroatoms. The highest BCUT2D eigenvalue weighted by Crippen LogP contribution is 2.24. The van der Waals surface area contributed by atoms with Crippen molar-refractivity contribution in [1.29, 1.82) is 0 Å². The summed E-state index contributed by atoms with van der Waals surface area (Å²) in [4.78, 5) is 0. The Morgan fingerprint density at radius 3 is 2.78 bits per heavy atom. The van der Waals surface area contributed by atoms with Gasteiger partial charge in [0.05, 0.1) is 6.61 Å². The fraction of sp³-hybridized carbons (Fsp3) is 0.600. The van der Waals surface area contributed by atoms with Gasteiger partial charge in [0.2, 0.25) is 0 Å². The summed E-state index contributed by atoms with van der Waals surface area (Å²) in [6, 6.07) is 7.54. The van der Waals surface area contributed by atoms with Crippen LogP contribution in [-0.2, 0) is 4.74 Å². The van der Waals surface area contributed by atoms with E-state index in [1.54, 1.807) is 0 Å². The average Bonchev–Trinajstić information content (AvgIpc) is 2.87. The zero-order chi connectivity index (χ0) is 12.6. The molecule has 0 saturated heterocycles. The molecule has 0 atom stereocenters. The first kappa shape index (κ1) is 13.2. The molecule has 0 unspecified atom stereocenters. The predicted octanol–water partition coefficient (Wildman–Crippen LogP) is 3.24. The maximum atomic E-state index is 5.68. The van der Waals surface area contributed by atoms with E-state index >= 15 is 0 Å². The normalized spacial score (nSPS) is 16.0. The summed E-state index contributed by atoms with van der Waals surface area (Å²) in [5.41, 5.74) is 6.42. The molecule has 0 radical (unpaired) electrons. The highest BCUT2D eigenvalue weighted by Gasteiger charge is 2.14. The van der Waals surface area contributed by atoms with Crippen LogP contribution in [0.15, 0.2) is 24.3 Å². The molecule has 0 amide bonds. The van der Waals surface area contributed by atoms with Crippen LogP contribution in [0.3, 0.4) is 0 Å². The molecule has 0 bridgehead atoms. The highest BCUT2D eigenvalue weighted by molar-refractivity contribution is 5.43. The van der Waals surface area contributed by atoms with Gasteiger partial charge in [0.15, 0.2) is 0 Å². The molecule has 1 aromatic carbocycles. The summed E-state index contributed by atoms with van der Waals surface area (Å²) in [5.74, 6) is 1.64. The Bertz CT molecular complexity index is 348. The number of benzene rings is 1. The minimum absolute atomic E-state index is 0.689. The minimum atomic E-state index is 0.689. The zero-order valence-electron chi connectivity index (χ0n) is 10.9. The molecule has 2 rings (SSSR count). The lowest BCUT2D eigenvalue weighted by Crippen LogP contribution is -2.09. The van der Waals surface area contributed by atoms with Crippen LogP contribution in [0.2, 0.25) is 0 Å². The summed E-state index contributed by atoms with van der Waals surface area (Å²) in [6.45, 7) is 2.41. The molecule has 1 saturated carbocycles. The number of rotatable bonds is 7. The lowest BCUT2D eigenvalue weighted by Gasteiger charge is -2.10. The van der Waals surface area contributed by atoms with Gasteiger partial charge >= 0.3 is 0 Å². The SMILES string of the molecule is Nc1cccc(OCCCOCC2CCCC2)c1. The molecule has 0 aliphatic heterocycles. The molecular formula is C15H23NO2. The molecule has 1 aromatic rings. The second kappa shape index (κ2) is 7.27. The van der Waals surface area contributed by atoms with Gasteiger partial charge in [-0.1, -0.05) is 18.9 Å². The third-order valence-electron chi connectivity index (χ3n) is 3.39. The summed E-state index contributed by atoms with van der Waals surface area (Å²) in [5, 5.41) is 0. The van der Waals surface area contributed by atoms with E-state index in [1.165, 1.54) is 25.7 Å². The van der Waals surface area contributed by atoms with Crippen LogP contribution >= 0.6 is 0 Å². The predicted molar refractivity (Wildman–Crippen MR) is 73.7 cm³/mol. The van der Waals surface area contributed by atoms with E-state index < -0.39 is 0 Å². The van der Waals surface area contributed by atoms with Crippen LogP contribution in [0.5, 0.6) is 5.75 Å². The van der Waals surface area contributed by atoms with Gasteiger partial charge < -0.3 is 15.2 Å². The minimum Gasteiger partial charge on any atom is -0.493 e. The molecule has 1 aliphatic rings. The van der Waals surface area contributed by atoms with E-state index in [2.05, 4.69) is 0 Å². The third kappa shape index (κ3) is 4.57. The molecule has 1 fully saturated rings.